The Kier molecular flexibility index (Phi) is 14.4. The van der Waals surface area contributed by atoms with Crippen LogP contribution in [0.1, 0.15) is 105 Å². The monoisotopic (exact) mass is 870 g/mol. The van der Waals surface area contributed by atoms with E-state index in [1.165, 1.54) is 18.1 Å². The molecule has 2 aliphatic heterocycles. The van der Waals surface area contributed by atoms with E-state index < -0.39 is 0 Å². The van der Waals surface area contributed by atoms with Gasteiger partial charge in [-0.1, -0.05) is 24.3 Å². The van der Waals surface area contributed by atoms with Crippen LogP contribution in [0.5, 0.6) is 11.5 Å². The molecule has 338 valence electrons. The van der Waals surface area contributed by atoms with E-state index in [4.69, 9.17) is 28.4 Å². The van der Waals surface area contributed by atoms with Crippen molar-refractivity contribution in [3.05, 3.63) is 130 Å². The van der Waals surface area contributed by atoms with Crippen molar-refractivity contribution in [2.45, 2.75) is 90.3 Å². The zero-order valence-electron chi connectivity index (χ0n) is 38.0. The molecular formula is C52H62N4O8. The summed E-state index contributed by atoms with van der Waals surface area (Å²) in [5, 5.41) is 2.33. The molecule has 0 unspecified atom stereocenters. The highest BCUT2D eigenvalue weighted by Crippen LogP contribution is 2.40. The number of carbonyl (C=O) groups excluding carboxylic acids is 2. The van der Waals surface area contributed by atoms with Crippen LogP contribution in [0.25, 0.3) is 21.8 Å². The van der Waals surface area contributed by atoms with E-state index in [2.05, 4.69) is 76.9 Å². The molecule has 2 aliphatic rings. The largest absolute Gasteiger partial charge is 0.496 e. The van der Waals surface area contributed by atoms with E-state index in [1.54, 1.807) is 14.2 Å². The maximum atomic E-state index is 13.3. The number of nitrogens with one attached hydrogen (secondary N) is 2. The molecule has 12 nitrogen and oxygen atoms in total. The third-order valence-corrected chi connectivity index (χ3v) is 13.2. The van der Waals surface area contributed by atoms with Gasteiger partial charge in [0.25, 0.3) is 0 Å². The summed E-state index contributed by atoms with van der Waals surface area (Å²) >= 11 is 0. The molecule has 64 heavy (non-hydrogen) atoms. The van der Waals surface area contributed by atoms with Gasteiger partial charge in [-0.25, -0.2) is 9.59 Å². The molecule has 2 fully saturated rings. The normalized spacial score (nSPS) is 19.5. The molecular weight excluding hydrogens is 809 g/mol. The summed E-state index contributed by atoms with van der Waals surface area (Å²) in [7, 11) is 4.86. The second kappa shape index (κ2) is 20.5. The number of aromatic nitrogens is 2. The fourth-order valence-electron chi connectivity index (χ4n) is 9.90. The molecule has 4 aromatic carbocycles. The first-order valence-corrected chi connectivity index (χ1v) is 22.6. The maximum absolute atomic E-state index is 13.3. The van der Waals surface area contributed by atoms with Crippen molar-refractivity contribution >= 4 is 33.7 Å². The van der Waals surface area contributed by atoms with Crippen LogP contribution >= 0.6 is 0 Å². The molecule has 0 spiro atoms. The van der Waals surface area contributed by atoms with Gasteiger partial charge < -0.3 is 38.4 Å². The zero-order valence-corrected chi connectivity index (χ0v) is 38.0. The Hall–Kier alpha value is -5.66. The minimum atomic E-state index is -0.359. The van der Waals surface area contributed by atoms with Gasteiger partial charge in [-0.2, -0.15) is 0 Å². The molecule has 0 saturated carbocycles. The first kappa shape index (κ1) is 44.9. The number of aromatic amines is 2. The number of carbonyl (C=O) groups is 2. The molecule has 0 radical (unpaired) electrons. The molecule has 2 N–H and O–H groups in total. The highest BCUT2D eigenvalue weighted by atomic mass is 16.5. The van der Waals surface area contributed by atoms with Crippen molar-refractivity contribution in [1.82, 2.24) is 19.8 Å². The van der Waals surface area contributed by atoms with Crippen LogP contribution < -0.4 is 9.47 Å². The van der Waals surface area contributed by atoms with Gasteiger partial charge in [0.2, 0.25) is 0 Å². The smallest absolute Gasteiger partial charge is 0.338 e. The maximum Gasteiger partial charge on any atom is 0.338 e. The van der Waals surface area contributed by atoms with Crippen molar-refractivity contribution in [2.24, 2.45) is 0 Å². The minimum Gasteiger partial charge on any atom is -0.496 e. The van der Waals surface area contributed by atoms with Gasteiger partial charge in [0, 0.05) is 96.6 Å². The van der Waals surface area contributed by atoms with Crippen molar-refractivity contribution in [2.75, 3.05) is 54.2 Å². The number of likely N-dealkylation sites (tertiary alicyclic amines) is 2. The number of benzene rings is 4. The average Bonchev–Trinajstić information content (AvgIpc) is 4.04. The topological polar surface area (TPSA) is 128 Å². The first-order chi connectivity index (χ1) is 31.2. The number of ether oxygens (including phenoxy) is 6. The van der Waals surface area contributed by atoms with Gasteiger partial charge in [-0.3, -0.25) is 9.80 Å². The number of aryl methyl sites for hydroxylation is 2. The summed E-state index contributed by atoms with van der Waals surface area (Å²) in [4.78, 5) is 37.3. The fourth-order valence-corrected chi connectivity index (χ4v) is 9.90. The summed E-state index contributed by atoms with van der Waals surface area (Å²) in [6.45, 7) is 10.8. The number of nitrogens with zero attached hydrogens (tertiary/aromatic N) is 2. The van der Waals surface area contributed by atoms with E-state index >= 15 is 0 Å². The van der Waals surface area contributed by atoms with Crippen molar-refractivity contribution < 1.29 is 38.0 Å². The Labute approximate surface area is 376 Å². The molecule has 0 bridgehead atoms. The molecule has 8 rings (SSSR count). The van der Waals surface area contributed by atoms with Crippen LogP contribution in [0.4, 0.5) is 0 Å². The van der Waals surface area contributed by atoms with Crippen LogP contribution in [0, 0.1) is 13.8 Å². The molecule has 0 amide bonds. The summed E-state index contributed by atoms with van der Waals surface area (Å²) in [6, 6.07) is 24.2. The molecule has 4 heterocycles. The van der Waals surface area contributed by atoms with Crippen LogP contribution in [0.15, 0.2) is 85.2 Å². The van der Waals surface area contributed by atoms with Gasteiger partial charge in [0.1, 0.15) is 11.5 Å². The quantitative estimate of drug-likeness (QED) is 0.0676. The van der Waals surface area contributed by atoms with Crippen LogP contribution in [0.2, 0.25) is 0 Å². The lowest BCUT2D eigenvalue weighted by Crippen LogP contribution is -2.39. The Morgan fingerprint density at radius 1 is 0.641 bits per heavy atom. The first-order valence-electron chi connectivity index (χ1n) is 22.6. The third-order valence-electron chi connectivity index (χ3n) is 13.2. The molecule has 6 aromatic rings. The molecule has 2 saturated heterocycles. The summed E-state index contributed by atoms with van der Waals surface area (Å²) in [6.07, 6.45) is 8.18. The highest BCUT2D eigenvalue weighted by molar-refractivity contribution is 5.90. The molecule has 12 heteroatoms. The van der Waals surface area contributed by atoms with E-state index in [1.807, 2.05) is 48.8 Å². The zero-order chi connectivity index (χ0) is 44.7. The van der Waals surface area contributed by atoms with Gasteiger partial charge in [0.15, 0.2) is 0 Å². The second-order valence-corrected chi connectivity index (χ2v) is 17.1. The minimum absolute atomic E-state index is 0.0137. The number of fused-ring (bicyclic) bond motifs is 2. The van der Waals surface area contributed by atoms with Gasteiger partial charge in [0.05, 0.1) is 57.9 Å². The van der Waals surface area contributed by atoms with Gasteiger partial charge >= 0.3 is 11.9 Å². The number of rotatable bonds is 17. The van der Waals surface area contributed by atoms with Gasteiger partial charge in [-0.15, -0.1) is 0 Å². The number of piperidine rings is 2. The van der Waals surface area contributed by atoms with E-state index in [0.29, 0.717) is 37.3 Å². The third kappa shape index (κ3) is 9.70. The molecule has 4 atom stereocenters. The second-order valence-electron chi connectivity index (χ2n) is 17.1. The average molecular weight is 871 g/mol. The Morgan fingerprint density at radius 2 is 1.12 bits per heavy atom. The Bertz CT molecular complexity index is 2530. The summed E-state index contributed by atoms with van der Waals surface area (Å²) in [5.74, 6) is 1.06. The van der Waals surface area contributed by atoms with Crippen LogP contribution in [-0.4, -0.2) is 98.2 Å². The summed E-state index contributed by atoms with van der Waals surface area (Å²) < 4.78 is 35.1. The van der Waals surface area contributed by atoms with Crippen molar-refractivity contribution in [1.29, 1.82) is 0 Å². The highest BCUT2D eigenvalue weighted by Gasteiger charge is 2.33. The van der Waals surface area contributed by atoms with E-state index in [9.17, 15) is 9.59 Å². The number of H-pyrrole nitrogens is 2. The standard InChI is InChI=1S/C52H62N4O8/c1-7-62-39-19-23-55(31-43-41-17-21-53-49(41)33(2)27-47(43)59-4)45(29-39)36-11-15-38(16-12-36)52(58)64-26-8-25-63-40-20-24-56(46(30-40)35-9-13-37(14-10-35)51(57)61-6)32-44-42-18-22-54-50(42)34(3)28-48(44)60-5/h9-18,21-22,27-28,39-40,45-46,53-54H,7-8,19-20,23-26,29-32H2,1-6H3/t39-,40+,45-,46+/m1/s1. The van der Waals surface area contributed by atoms with Crippen molar-refractivity contribution in [3.8, 4) is 11.5 Å². The summed E-state index contributed by atoms with van der Waals surface area (Å²) in [5.41, 5.74) is 10.1. The van der Waals surface area contributed by atoms with Crippen molar-refractivity contribution in [3.63, 3.8) is 0 Å². The Balaban J connectivity index is 0.879. The lowest BCUT2D eigenvalue weighted by molar-refractivity contribution is -0.0241. The predicted octanol–water partition coefficient (Wildman–Crippen LogP) is 9.78. The lowest BCUT2D eigenvalue weighted by Gasteiger charge is -2.40. The van der Waals surface area contributed by atoms with E-state index in [-0.39, 0.29) is 42.8 Å². The molecule has 2 aromatic heterocycles. The SMILES string of the molecule is CCO[C@@H]1CCN(Cc2c(OC)cc(C)c3[nH]ccc23)[C@@H](c2ccc(C(=O)OCCCO[C@H]3CCN(Cc4c(OC)cc(C)c5[nH]ccc45)[C@H](c4ccc(C(=O)OC)cc4)C3)cc2)C1. The number of methoxy groups -OCH3 is 3. The van der Waals surface area contributed by atoms with Crippen LogP contribution in [0.3, 0.4) is 0 Å². The number of esters is 2. The van der Waals surface area contributed by atoms with E-state index in [0.717, 1.165) is 101 Å². The van der Waals surface area contributed by atoms with Crippen LogP contribution in [-0.2, 0) is 32.0 Å². The fraction of sp³-hybridized carbons (Fsp3) is 0.423. The lowest BCUT2D eigenvalue weighted by atomic mass is 9.91. The number of hydrogen-bond acceptors (Lipinski definition) is 10. The molecule has 0 aliphatic carbocycles. The Morgan fingerprint density at radius 3 is 1.59 bits per heavy atom. The predicted molar refractivity (Wildman–Crippen MR) is 248 cm³/mol. The van der Waals surface area contributed by atoms with Gasteiger partial charge in [-0.05, 0) is 117 Å². The number of hydrogen-bond donors (Lipinski definition) is 2.